The molecule has 0 spiro atoms. The van der Waals surface area contributed by atoms with E-state index in [0.29, 0.717) is 22.2 Å². The van der Waals surface area contributed by atoms with E-state index >= 15 is 0 Å². The number of pyridine rings is 1. The highest BCUT2D eigenvalue weighted by Gasteiger charge is 2.42. The minimum Gasteiger partial charge on any atom is -0.495 e. The molecule has 2 amide bonds. The highest BCUT2D eigenvalue weighted by atomic mass is 35.5. The lowest BCUT2D eigenvalue weighted by molar-refractivity contribution is -0.133. The van der Waals surface area contributed by atoms with Crippen LogP contribution in [0, 0.1) is 6.92 Å². The van der Waals surface area contributed by atoms with Gasteiger partial charge in [0.1, 0.15) is 18.1 Å². The maximum Gasteiger partial charge on any atom is 0.272 e. The summed E-state index contributed by atoms with van der Waals surface area (Å²) in [5, 5.41) is 3.28. The topological polar surface area (TPSA) is 107 Å². The van der Waals surface area contributed by atoms with Crippen LogP contribution in [0.2, 0.25) is 5.02 Å². The van der Waals surface area contributed by atoms with Crippen LogP contribution in [0.1, 0.15) is 19.4 Å². The summed E-state index contributed by atoms with van der Waals surface area (Å²) in [4.78, 5) is 31.0. The fourth-order valence-electron chi connectivity index (χ4n) is 2.87. The number of amides is 2. The molecule has 0 fully saturated rings. The zero-order valence-electron chi connectivity index (χ0n) is 16.0. The molecular weight excluding hydrogens is 384 g/mol. The van der Waals surface area contributed by atoms with Gasteiger partial charge in [-0.2, -0.15) is 0 Å². The van der Waals surface area contributed by atoms with E-state index < -0.39 is 17.4 Å². The first-order valence-corrected chi connectivity index (χ1v) is 8.91. The van der Waals surface area contributed by atoms with Crippen molar-refractivity contribution in [2.75, 3.05) is 29.6 Å². The summed E-state index contributed by atoms with van der Waals surface area (Å²) < 4.78 is 11.0. The standard InChI is InChI=1S/C19H21ClN4O4/c1-10-7-12(14(27-4)8-11(10)20)22-16(25)9-24-17-13(5-6-15(21)23-17)28-19(2,3)18(24)26/h5-8H,9H2,1-4H3,(H2,21,23)(H,22,25). The molecule has 0 unspecified atom stereocenters. The summed E-state index contributed by atoms with van der Waals surface area (Å²) in [5.41, 5.74) is 5.84. The van der Waals surface area contributed by atoms with Crippen LogP contribution >= 0.6 is 11.6 Å². The molecule has 2 heterocycles. The highest BCUT2D eigenvalue weighted by Crippen LogP contribution is 2.37. The molecule has 1 aromatic carbocycles. The van der Waals surface area contributed by atoms with E-state index in [2.05, 4.69) is 10.3 Å². The molecule has 148 valence electrons. The van der Waals surface area contributed by atoms with Crippen molar-refractivity contribution in [2.45, 2.75) is 26.4 Å². The normalized spacial score (nSPS) is 14.9. The van der Waals surface area contributed by atoms with E-state index in [1.807, 2.05) is 6.92 Å². The number of carbonyl (C=O) groups excluding carboxylic acids is 2. The molecule has 0 atom stereocenters. The number of nitrogen functional groups attached to an aromatic ring is 1. The molecule has 8 nitrogen and oxygen atoms in total. The Morgan fingerprint density at radius 2 is 2.11 bits per heavy atom. The van der Waals surface area contributed by atoms with Gasteiger partial charge in [-0.1, -0.05) is 11.6 Å². The van der Waals surface area contributed by atoms with Gasteiger partial charge in [-0.05, 0) is 44.5 Å². The molecule has 2 aromatic rings. The molecular formula is C19H21ClN4O4. The summed E-state index contributed by atoms with van der Waals surface area (Å²) in [6, 6.07) is 6.52. The smallest absolute Gasteiger partial charge is 0.272 e. The summed E-state index contributed by atoms with van der Waals surface area (Å²) in [6.45, 7) is 4.81. The molecule has 0 aliphatic carbocycles. The zero-order chi connectivity index (χ0) is 20.6. The number of halogens is 1. The predicted octanol–water partition coefficient (Wildman–Crippen LogP) is 2.78. The lowest BCUT2D eigenvalue weighted by atomic mass is 10.1. The van der Waals surface area contributed by atoms with Gasteiger partial charge in [0, 0.05) is 11.1 Å². The number of benzene rings is 1. The number of hydrogen-bond acceptors (Lipinski definition) is 6. The van der Waals surface area contributed by atoms with Crippen molar-refractivity contribution in [3.63, 3.8) is 0 Å². The molecule has 0 radical (unpaired) electrons. The average Bonchev–Trinajstić information content (AvgIpc) is 2.62. The van der Waals surface area contributed by atoms with Crippen molar-refractivity contribution in [1.29, 1.82) is 0 Å². The third-order valence-corrected chi connectivity index (χ3v) is 4.71. The monoisotopic (exact) mass is 404 g/mol. The van der Waals surface area contributed by atoms with Crippen molar-refractivity contribution in [1.82, 2.24) is 4.98 Å². The Bertz CT molecular complexity index is 961. The van der Waals surface area contributed by atoms with Crippen LogP contribution in [0.25, 0.3) is 0 Å². The van der Waals surface area contributed by atoms with Crippen LogP contribution in [0.3, 0.4) is 0 Å². The number of rotatable bonds is 4. The highest BCUT2D eigenvalue weighted by molar-refractivity contribution is 6.31. The minimum atomic E-state index is -1.14. The van der Waals surface area contributed by atoms with Gasteiger partial charge in [-0.15, -0.1) is 0 Å². The number of ether oxygens (including phenoxy) is 2. The number of nitrogens with one attached hydrogen (secondary N) is 1. The second-order valence-electron chi connectivity index (χ2n) is 6.91. The van der Waals surface area contributed by atoms with Gasteiger partial charge in [0.15, 0.2) is 17.2 Å². The van der Waals surface area contributed by atoms with Gasteiger partial charge >= 0.3 is 0 Å². The lowest BCUT2D eigenvalue weighted by Crippen LogP contribution is -2.54. The van der Waals surface area contributed by atoms with E-state index in [-0.39, 0.29) is 18.2 Å². The summed E-state index contributed by atoms with van der Waals surface area (Å²) in [7, 11) is 1.48. The second kappa shape index (κ2) is 7.20. The third-order valence-electron chi connectivity index (χ3n) is 4.30. The third kappa shape index (κ3) is 3.68. The van der Waals surface area contributed by atoms with Crippen LogP contribution in [0.15, 0.2) is 24.3 Å². The first kappa shape index (κ1) is 19.8. The van der Waals surface area contributed by atoms with Gasteiger partial charge in [-0.3, -0.25) is 14.5 Å². The zero-order valence-corrected chi connectivity index (χ0v) is 16.8. The largest absolute Gasteiger partial charge is 0.495 e. The van der Waals surface area contributed by atoms with Gasteiger partial charge in [0.2, 0.25) is 5.91 Å². The Hall–Kier alpha value is -3.00. The van der Waals surface area contributed by atoms with Gasteiger partial charge in [0.05, 0.1) is 12.8 Å². The second-order valence-corrected chi connectivity index (χ2v) is 7.32. The Morgan fingerprint density at radius 1 is 1.39 bits per heavy atom. The van der Waals surface area contributed by atoms with Crippen LogP contribution < -0.4 is 25.4 Å². The van der Waals surface area contributed by atoms with E-state index in [1.165, 1.54) is 12.0 Å². The van der Waals surface area contributed by atoms with Gasteiger partial charge < -0.3 is 20.5 Å². The number of fused-ring (bicyclic) bond motifs is 1. The number of nitrogens with two attached hydrogens (primary N) is 1. The Balaban J connectivity index is 1.89. The van der Waals surface area contributed by atoms with E-state index in [0.717, 1.165) is 5.56 Å². The fourth-order valence-corrected chi connectivity index (χ4v) is 3.03. The van der Waals surface area contributed by atoms with Gasteiger partial charge in [-0.25, -0.2) is 4.98 Å². The predicted molar refractivity (Wildman–Crippen MR) is 107 cm³/mol. The molecule has 0 saturated carbocycles. The van der Waals surface area contributed by atoms with E-state index in [4.69, 9.17) is 26.8 Å². The van der Waals surface area contributed by atoms with Gasteiger partial charge in [0.25, 0.3) is 5.91 Å². The number of aryl methyl sites for hydroxylation is 1. The van der Waals surface area contributed by atoms with Crippen LogP contribution in [-0.2, 0) is 9.59 Å². The molecule has 0 saturated heterocycles. The maximum absolute atomic E-state index is 12.8. The maximum atomic E-state index is 12.8. The number of carbonyl (C=O) groups is 2. The van der Waals surface area contributed by atoms with E-state index in [9.17, 15) is 9.59 Å². The molecule has 9 heteroatoms. The average molecular weight is 405 g/mol. The van der Waals surface area contributed by atoms with Crippen LogP contribution in [-0.4, -0.2) is 36.1 Å². The summed E-state index contributed by atoms with van der Waals surface area (Å²) in [6.07, 6.45) is 0. The fraction of sp³-hybridized carbons (Fsp3) is 0.316. The number of hydrogen-bond donors (Lipinski definition) is 2. The Labute approximate surface area is 167 Å². The molecule has 1 aromatic heterocycles. The molecule has 3 N–H and O–H groups in total. The quantitative estimate of drug-likeness (QED) is 0.811. The Kier molecular flexibility index (Phi) is 5.08. The number of aromatic nitrogens is 1. The van der Waals surface area contributed by atoms with Crippen molar-refractivity contribution >= 4 is 40.7 Å². The van der Waals surface area contributed by atoms with Crippen LogP contribution in [0.5, 0.6) is 11.5 Å². The number of anilines is 3. The molecule has 1 aliphatic rings. The SMILES string of the molecule is COc1cc(Cl)c(C)cc1NC(=O)CN1C(=O)C(C)(C)Oc2ccc(N)nc21. The van der Waals surface area contributed by atoms with Crippen molar-refractivity contribution < 1.29 is 19.1 Å². The van der Waals surface area contributed by atoms with E-state index in [1.54, 1.807) is 38.1 Å². The minimum absolute atomic E-state index is 0.207. The lowest BCUT2D eigenvalue weighted by Gasteiger charge is -2.37. The molecule has 1 aliphatic heterocycles. The number of methoxy groups -OCH3 is 1. The Morgan fingerprint density at radius 3 is 2.79 bits per heavy atom. The molecule has 0 bridgehead atoms. The molecule has 28 heavy (non-hydrogen) atoms. The van der Waals surface area contributed by atoms with Crippen molar-refractivity contribution in [3.8, 4) is 11.5 Å². The van der Waals surface area contributed by atoms with Crippen molar-refractivity contribution in [3.05, 3.63) is 34.9 Å². The summed E-state index contributed by atoms with van der Waals surface area (Å²) >= 11 is 6.10. The first-order chi connectivity index (χ1) is 13.1. The van der Waals surface area contributed by atoms with Crippen molar-refractivity contribution in [2.24, 2.45) is 0 Å². The van der Waals surface area contributed by atoms with Crippen LogP contribution in [0.4, 0.5) is 17.3 Å². The summed E-state index contributed by atoms with van der Waals surface area (Å²) in [5.74, 6) is 0.398. The number of nitrogens with zero attached hydrogens (tertiary/aromatic N) is 2. The first-order valence-electron chi connectivity index (χ1n) is 8.54. The molecule has 3 rings (SSSR count).